The van der Waals surface area contributed by atoms with Crippen LogP contribution in [0.4, 0.5) is 9.59 Å². The summed E-state index contributed by atoms with van der Waals surface area (Å²) in [5.41, 5.74) is 4.89. The van der Waals surface area contributed by atoms with Gasteiger partial charge in [0, 0.05) is 24.2 Å². The molecule has 18 heteroatoms. The summed E-state index contributed by atoms with van der Waals surface area (Å²) in [6, 6.07) is 9.81. The van der Waals surface area contributed by atoms with Gasteiger partial charge in [0.2, 0.25) is 11.8 Å². The van der Waals surface area contributed by atoms with E-state index < -0.39 is 24.3 Å². The van der Waals surface area contributed by atoms with Crippen LogP contribution >= 0.6 is 0 Å². The van der Waals surface area contributed by atoms with Crippen LogP contribution in [0.2, 0.25) is 0 Å². The number of H-pyrrole nitrogens is 2. The third-order valence-corrected chi connectivity index (χ3v) is 11.2. The zero-order chi connectivity index (χ0) is 41.5. The molecule has 5 N–H and O–H groups in total. The van der Waals surface area contributed by atoms with E-state index >= 15 is 0 Å². The van der Waals surface area contributed by atoms with E-state index in [2.05, 4.69) is 30.6 Å². The van der Waals surface area contributed by atoms with Crippen molar-refractivity contribution in [3.63, 3.8) is 0 Å². The van der Waals surface area contributed by atoms with Crippen LogP contribution in [0.15, 0.2) is 48.8 Å². The average Bonchev–Trinajstić information content (AvgIpc) is 4.05. The number of aromatic nitrogens is 8. The first-order chi connectivity index (χ1) is 28.4. The molecule has 2 aromatic carbocycles. The topological polar surface area (TPSA) is 237 Å². The van der Waals surface area contributed by atoms with Gasteiger partial charge in [-0.05, 0) is 60.4 Å². The van der Waals surface area contributed by atoms with Crippen LogP contribution < -0.4 is 10.6 Å². The third kappa shape index (κ3) is 7.69. The van der Waals surface area contributed by atoms with Crippen LogP contribution in [0, 0.1) is 11.8 Å². The second-order valence-electron chi connectivity index (χ2n) is 15.8. The summed E-state index contributed by atoms with van der Waals surface area (Å²) in [6.45, 7) is 8.43. The highest BCUT2D eigenvalue weighted by Crippen LogP contribution is 2.35. The molecule has 0 radical (unpaired) electrons. The van der Waals surface area contributed by atoms with E-state index in [4.69, 9.17) is 24.7 Å². The fourth-order valence-corrected chi connectivity index (χ4v) is 8.11. The lowest BCUT2D eigenvalue weighted by molar-refractivity contribution is -0.136. The van der Waals surface area contributed by atoms with Gasteiger partial charge >= 0.3 is 12.2 Å². The van der Waals surface area contributed by atoms with Crippen molar-refractivity contribution >= 4 is 57.4 Å². The van der Waals surface area contributed by atoms with E-state index in [0.29, 0.717) is 71.6 Å². The van der Waals surface area contributed by atoms with Crippen LogP contribution in [0.5, 0.6) is 0 Å². The van der Waals surface area contributed by atoms with Gasteiger partial charge in [-0.15, -0.1) is 0 Å². The van der Waals surface area contributed by atoms with Crippen molar-refractivity contribution in [1.82, 2.24) is 60.3 Å². The van der Waals surface area contributed by atoms with Crippen molar-refractivity contribution in [2.24, 2.45) is 11.8 Å². The Morgan fingerprint density at radius 3 is 1.59 bits per heavy atom. The molecule has 2 aliphatic heterocycles. The monoisotopic (exact) mass is 802 g/mol. The maximum Gasteiger partial charge on any atom is 0.407 e. The highest BCUT2D eigenvalue weighted by Gasteiger charge is 2.39. The van der Waals surface area contributed by atoms with Gasteiger partial charge in [-0.25, -0.2) is 39.5 Å². The minimum Gasteiger partial charge on any atom is -0.465 e. The van der Waals surface area contributed by atoms with E-state index in [0.717, 1.165) is 34.7 Å². The Labute approximate surface area is 338 Å². The highest BCUT2D eigenvalue weighted by atomic mass is 16.5. The number of methoxy groups -OCH3 is 1. The number of alkyl carbamates (subject to hydrolysis) is 1. The largest absolute Gasteiger partial charge is 0.465 e. The molecule has 2 aliphatic rings. The summed E-state index contributed by atoms with van der Waals surface area (Å²) in [7, 11) is 1.27. The highest BCUT2D eigenvalue weighted by molar-refractivity contribution is 5.91. The fourth-order valence-electron chi connectivity index (χ4n) is 8.11. The summed E-state index contributed by atoms with van der Waals surface area (Å²) in [5, 5.41) is 16.3. The Bertz CT molecular complexity index is 2590. The Kier molecular flexibility index (Phi) is 10.5. The number of carbonyl (C=O) groups is 4. The number of imidazole rings is 2. The number of fused-ring (bicyclic) bond motifs is 3. The molecule has 59 heavy (non-hydrogen) atoms. The molecule has 4 amide bonds. The summed E-state index contributed by atoms with van der Waals surface area (Å²) in [6.07, 6.45) is 4.47. The predicted octanol–water partition coefficient (Wildman–Crippen LogP) is 5.51. The number of amides is 4. The normalized spacial score (nSPS) is 17.9. The van der Waals surface area contributed by atoms with E-state index in [1.807, 2.05) is 64.1 Å². The molecule has 306 valence electrons. The smallest absolute Gasteiger partial charge is 0.407 e. The van der Waals surface area contributed by atoms with Crippen molar-refractivity contribution < 1.29 is 29.0 Å². The minimum atomic E-state index is -1.24. The second kappa shape index (κ2) is 15.9. The number of nitrogens with zero attached hydrogens (tertiary/aromatic N) is 8. The molecule has 0 bridgehead atoms. The van der Waals surface area contributed by atoms with Crippen LogP contribution in [0.3, 0.4) is 0 Å². The molecule has 0 spiro atoms. The number of ether oxygens (including phenoxy) is 1. The Balaban J connectivity index is 0.997. The summed E-state index contributed by atoms with van der Waals surface area (Å²) in [5.74, 6) is 0.345. The molecule has 4 atom stereocenters. The molecule has 2 saturated heterocycles. The quantitative estimate of drug-likeness (QED) is 0.115. The summed E-state index contributed by atoms with van der Waals surface area (Å²) < 4.78 is 4.76. The van der Waals surface area contributed by atoms with E-state index in [9.17, 15) is 24.3 Å². The molecule has 6 aromatic rings. The first-order valence-corrected chi connectivity index (χ1v) is 19.8. The molecule has 0 saturated carbocycles. The summed E-state index contributed by atoms with van der Waals surface area (Å²) >= 11 is 0. The maximum absolute atomic E-state index is 13.6. The average molecular weight is 803 g/mol. The molecular weight excluding hydrogens is 757 g/mol. The number of hydrogen-bond acceptors (Lipinski definition) is 11. The van der Waals surface area contributed by atoms with Gasteiger partial charge in [0.1, 0.15) is 23.7 Å². The lowest BCUT2D eigenvalue weighted by Gasteiger charge is -2.29. The van der Waals surface area contributed by atoms with Crippen LogP contribution in [-0.4, -0.2) is 111 Å². The number of carbonyl (C=O) groups excluding carboxylic acids is 3. The lowest BCUT2D eigenvalue weighted by atomic mass is 10.0. The minimum absolute atomic E-state index is 0.141. The number of carboxylic acid groups (broad SMARTS) is 1. The molecule has 18 nitrogen and oxygen atoms in total. The molecular formula is C41H46N12O6. The van der Waals surface area contributed by atoms with Crippen LogP contribution in [0.25, 0.3) is 55.9 Å². The zero-order valence-corrected chi connectivity index (χ0v) is 33.4. The first kappa shape index (κ1) is 39.1. The van der Waals surface area contributed by atoms with E-state index in [-0.39, 0.29) is 35.7 Å². The SMILES string of the molecule is COC(=O)NC(C(=O)N1CCC[C@@H]1c1nc2nc(-c3ccc4cc(-c5cnc6[nH]c([C@@H]7CCCN7C(=O)C(NC(=O)O)C(C)C)nc6n5)ccc4c3)cnc2[nH]1)C(C)C. The van der Waals surface area contributed by atoms with E-state index in [1.165, 1.54) is 7.11 Å². The summed E-state index contributed by atoms with van der Waals surface area (Å²) in [4.78, 5) is 88.9. The molecule has 8 rings (SSSR count). The van der Waals surface area contributed by atoms with E-state index in [1.54, 1.807) is 22.2 Å². The fraction of sp³-hybridized carbons (Fsp3) is 0.415. The van der Waals surface area contributed by atoms with Gasteiger partial charge in [-0.3, -0.25) is 9.59 Å². The van der Waals surface area contributed by atoms with Gasteiger partial charge in [0.15, 0.2) is 22.6 Å². The second-order valence-corrected chi connectivity index (χ2v) is 15.8. The van der Waals surface area contributed by atoms with Gasteiger partial charge in [-0.2, -0.15) is 0 Å². The molecule has 2 fully saturated rings. The van der Waals surface area contributed by atoms with Gasteiger partial charge in [0.05, 0.1) is 43.0 Å². The number of rotatable bonds is 10. The molecule has 2 unspecified atom stereocenters. The van der Waals surface area contributed by atoms with Gasteiger partial charge in [-0.1, -0.05) is 52.0 Å². The standard InChI is InChI=1S/C41H46N12O6/c1-20(2)30(46-40(56)57)38(54)52-14-6-8-28(52)32-48-34-36(50-32)44-26(18-42-34)24-12-10-23-17-25(13-11-22(23)16-24)27-19-43-35-37(45-27)51-33(49-35)29-9-7-15-53(29)39(55)31(21(3)4)47-41(58)59-5/h10-13,16-21,28-31,46H,6-9,14-15H2,1-5H3,(H,47,58)(H,56,57)(H,42,44,48,50)(H,43,45,49,51)/t28-,29+,30?,31?/m0/s1. The Morgan fingerprint density at radius 1 is 0.712 bits per heavy atom. The van der Waals surface area contributed by atoms with Crippen LogP contribution in [0.1, 0.15) is 77.1 Å². The number of benzene rings is 2. The molecule has 6 heterocycles. The van der Waals surface area contributed by atoms with Crippen molar-refractivity contribution in [1.29, 1.82) is 0 Å². The number of nitrogens with one attached hydrogen (secondary N) is 4. The van der Waals surface area contributed by atoms with Crippen LogP contribution in [-0.2, 0) is 14.3 Å². The van der Waals surface area contributed by atoms with Crippen molar-refractivity contribution in [2.75, 3.05) is 20.2 Å². The zero-order valence-electron chi connectivity index (χ0n) is 33.4. The molecule has 0 aliphatic carbocycles. The van der Waals surface area contributed by atoms with Crippen molar-refractivity contribution in [3.05, 3.63) is 60.4 Å². The Morgan fingerprint density at radius 2 is 1.17 bits per heavy atom. The van der Waals surface area contributed by atoms with Gasteiger partial charge in [0.25, 0.3) is 0 Å². The van der Waals surface area contributed by atoms with Crippen molar-refractivity contribution in [3.8, 4) is 22.5 Å². The lowest BCUT2D eigenvalue weighted by Crippen LogP contribution is -2.51. The number of likely N-dealkylation sites (tertiary alicyclic amines) is 2. The number of aromatic amines is 2. The van der Waals surface area contributed by atoms with Gasteiger partial charge < -0.3 is 40.2 Å². The molecule has 4 aromatic heterocycles. The predicted molar refractivity (Wildman–Crippen MR) is 217 cm³/mol. The first-order valence-electron chi connectivity index (χ1n) is 19.8. The third-order valence-electron chi connectivity index (χ3n) is 11.2. The number of hydrogen-bond donors (Lipinski definition) is 5. The van der Waals surface area contributed by atoms with Crippen molar-refractivity contribution in [2.45, 2.75) is 77.5 Å². The Hall–Kier alpha value is -6.72. The maximum atomic E-state index is 13.6.